The predicted molar refractivity (Wildman–Crippen MR) is 241 cm³/mol. The lowest BCUT2D eigenvalue weighted by Gasteiger charge is -2.29. The highest BCUT2D eigenvalue weighted by molar-refractivity contribution is 5.96. The Morgan fingerprint density at radius 2 is 1.22 bits per heavy atom. The van der Waals surface area contributed by atoms with Crippen LogP contribution in [0.15, 0.2) is 84.9 Å². The first kappa shape index (κ1) is 52.0. The molecule has 9 N–H and O–H groups in total. The van der Waals surface area contributed by atoms with Crippen molar-refractivity contribution >= 4 is 41.6 Å². The van der Waals surface area contributed by atoms with Crippen molar-refractivity contribution < 1.29 is 48.1 Å². The number of carbonyl (C=O) groups is 7. The van der Waals surface area contributed by atoms with Crippen molar-refractivity contribution in [2.24, 2.45) is 17.6 Å². The molecule has 0 heterocycles. The molecule has 7 atom stereocenters. The average molecular weight is 888 g/mol. The van der Waals surface area contributed by atoms with E-state index in [4.69, 9.17) is 15.2 Å². The van der Waals surface area contributed by atoms with E-state index in [9.17, 15) is 38.7 Å². The van der Waals surface area contributed by atoms with Crippen LogP contribution < -0.4 is 37.6 Å². The summed E-state index contributed by atoms with van der Waals surface area (Å²) < 4.78 is 10.3. The summed E-state index contributed by atoms with van der Waals surface area (Å²) in [6, 6.07) is 19.6. The molecular formula is C47H65N7O10. The first-order valence-electron chi connectivity index (χ1n) is 21.4. The van der Waals surface area contributed by atoms with Gasteiger partial charge in [-0.05, 0) is 54.9 Å². The van der Waals surface area contributed by atoms with Gasteiger partial charge in [-0.1, -0.05) is 119 Å². The van der Waals surface area contributed by atoms with Gasteiger partial charge >= 0.3 is 12.1 Å². The number of benzene rings is 3. The molecule has 17 nitrogen and oxygen atoms in total. The van der Waals surface area contributed by atoms with E-state index in [1.807, 2.05) is 55.5 Å². The summed E-state index contributed by atoms with van der Waals surface area (Å²) in [6.45, 7) is 11.7. The number of rotatable bonds is 23. The minimum Gasteiger partial charge on any atom is -0.467 e. The Morgan fingerprint density at radius 1 is 0.672 bits per heavy atom. The van der Waals surface area contributed by atoms with E-state index in [0.717, 1.165) is 11.1 Å². The van der Waals surface area contributed by atoms with Crippen LogP contribution in [0.25, 0.3) is 11.1 Å². The van der Waals surface area contributed by atoms with Gasteiger partial charge in [-0.25, -0.2) is 9.59 Å². The van der Waals surface area contributed by atoms with Gasteiger partial charge in [0.1, 0.15) is 36.0 Å². The van der Waals surface area contributed by atoms with E-state index >= 15 is 0 Å². The van der Waals surface area contributed by atoms with Gasteiger partial charge in [0, 0.05) is 12.8 Å². The number of esters is 1. The summed E-state index contributed by atoms with van der Waals surface area (Å²) in [4.78, 5) is 93.0. The first-order chi connectivity index (χ1) is 30.2. The second kappa shape index (κ2) is 25.1. The Hall–Kier alpha value is -6.33. The van der Waals surface area contributed by atoms with Crippen LogP contribution >= 0.6 is 0 Å². The van der Waals surface area contributed by atoms with E-state index in [1.54, 1.807) is 77.9 Å². The molecule has 0 aromatic heterocycles. The summed E-state index contributed by atoms with van der Waals surface area (Å²) >= 11 is 0. The normalized spacial score (nSPS) is 14.6. The Morgan fingerprint density at radius 3 is 1.80 bits per heavy atom. The molecule has 0 aliphatic rings. The third-order valence-electron chi connectivity index (χ3n) is 10.2. The number of hydrogen-bond acceptors (Lipinski definition) is 11. The monoisotopic (exact) mass is 887 g/mol. The third-order valence-corrected chi connectivity index (χ3v) is 10.2. The molecule has 6 amide bonds. The summed E-state index contributed by atoms with van der Waals surface area (Å²) in [5.74, 6) is -5.20. The standard InChI is InChI=1S/C47H65N7O10/c1-9-29(4)40(44(60)54-39(28(2)3)45(61)63-8)53-38(56)27-49-41(57)34(24-30-17-12-10-13-18-30)50-43(59)36(26-37(48)55)51-42(58)35(52-46(62)64-47(5,6)7)25-31-19-16-22-33(23-31)32-20-14-11-15-21-32/h10-23,28-29,34-36,38-40,53,56H,9,24-27H2,1-8H3,(H2,48,55)(H,49,57)(H,50,59)(H,51,58)(H,52,62)(H,54,60)/t29-,34-,35-,36-,38?,39-,40-/m0/s1. The molecule has 0 fully saturated rings. The molecule has 0 aliphatic carbocycles. The smallest absolute Gasteiger partial charge is 0.408 e. The predicted octanol–water partition coefficient (Wildman–Crippen LogP) is 2.63. The van der Waals surface area contributed by atoms with Crippen molar-refractivity contribution in [3.05, 3.63) is 96.1 Å². The maximum Gasteiger partial charge on any atom is 0.408 e. The van der Waals surface area contributed by atoms with Crippen LogP contribution in [0.1, 0.15) is 72.4 Å². The molecule has 3 aromatic carbocycles. The number of nitrogens with two attached hydrogens (primary N) is 1. The summed E-state index contributed by atoms with van der Waals surface area (Å²) in [6.07, 6.45) is -2.55. The fraction of sp³-hybridized carbons (Fsp3) is 0.468. The molecule has 3 aromatic rings. The van der Waals surface area contributed by atoms with Gasteiger partial charge in [-0.2, -0.15) is 0 Å². The number of carbonyl (C=O) groups excluding carboxylic acids is 7. The highest BCUT2D eigenvalue weighted by Gasteiger charge is 2.34. The minimum atomic E-state index is -1.59. The molecule has 1 unspecified atom stereocenters. The molecule has 0 radical (unpaired) electrons. The highest BCUT2D eigenvalue weighted by atomic mass is 16.6. The van der Waals surface area contributed by atoms with Crippen molar-refractivity contribution in [2.75, 3.05) is 13.7 Å². The third kappa shape index (κ3) is 17.4. The number of primary amides is 1. The Bertz CT molecular complexity index is 2030. The number of hydrogen-bond donors (Lipinski definition) is 8. The zero-order chi connectivity index (χ0) is 47.6. The number of ether oxygens (including phenoxy) is 2. The Kier molecular flexibility index (Phi) is 20.4. The molecule has 0 saturated heterocycles. The largest absolute Gasteiger partial charge is 0.467 e. The second-order valence-corrected chi connectivity index (χ2v) is 17.0. The molecule has 64 heavy (non-hydrogen) atoms. The molecule has 17 heteroatoms. The first-order valence-corrected chi connectivity index (χ1v) is 21.4. The van der Waals surface area contributed by atoms with Gasteiger partial charge in [0.15, 0.2) is 0 Å². The zero-order valence-corrected chi connectivity index (χ0v) is 37.9. The van der Waals surface area contributed by atoms with Crippen molar-refractivity contribution in [1.82, 2.24) is 31.9 Å². The maximum absolute atomic E-state index is 14.1. The number of amides is 6. The molecule has 3 rings (SSSR count). The van der Waals surface area contributed by atoms with Crippen LogP contribution in [0, 0.1) is 11.8 Å². The highest BCUT2D eigenvalue weighted by Crippen LogP contribution is 2.21. The molecule has 348 valence electrons. The summed E-state index contributed by atoms with van der Waals surface area (Å²) in [7, 11) is 1.22. The minimum absolute atomic E-state index is 0.0325. The summed E-state index contributed by atoms with van der Waals surface area (Å²) in [5.41, 5.74) is 7.76. The van der Waals surface area contributed by atoms with E-state index in [0.29, 0.717) is 17.5 Å². The lowest BCUT2D eigenvalue weighted by molar-refractivity contribution is -0.147. The topological polar surface area (TPSA) is 256 Å². The van der Waals surface area contributed by atoms with Crippen LogP contribution in [0.3, 0.4) is 0 Å². The Labute approximate surface area is 375 Å². The lowest BCUT2D eigenvalue weighted by atomic mass is 9.96. The van der Waals surface area contributed by atoms with Gasteiger partial charge in [-0.3, -0.25) is 29.3 Å². The van der Waals surface area contributed by atoms with Crippen LogP contribution in [-0.4, -0.2) is 102 Å². The number of aliphatic hydroxyl groups is 1. The number of methoxy groups -OCH3 is 1. The second-order valence-electron chi connectivity index (χ2n) is 17.0. The van der Waals surface area contributed by atoms with Crippen molar-refractivity contribution in [2.45, 2.75) is 116 Å². The fourth-order valence-electron chi connectivity index (χ4n) is 6.61. The van der Waals surface area contributed by atoms with Crippen molar-refractivity contribution in [3.63, 3.8) is 0 Å². The van der Waals surface area contributed by atoms with Crippen molar-refractivity contribution in [1.29, 1.82) is 0 Å². The quantitative estimate of drug-likeness (QED) is 0.0508. The lowest BCUT2D eigenvalue weighted by Crippen LogP contribution is -2.59. The molecular weight excluding hydrogens is 823 g/mol. The summed E-state index contributed by atoms with van der Waals surface area (Å²) in [5, 5.41) is 26.9. The van der Waals surface area contributed by atoms with E-state index in [1.165, 1.54) is 7.11 Å². The van der Waals surface area contributed by atoms with Crippen molar-refractivity contribution in [3.8, 4) is 11.1 Å². The number of alkyl carbamates (subject to hydrolysis) is 1. The number of nitrogens with one attached hydrogen (secondary N) is 6. The molecule has 0 spiro atoms. The maximum atomic E-state index is 14.1. The van der Waals surface area contributed by atoms with Crippen LogP contribution in [-0.2, 0) is 51.1 Å². The van der Waals surface area contributed by atoms with Gasteiger partial charge in [0.2, 0.25) is 29.5 Å². The van der Waals surface area contributed by atoms with Gasteiger partial charge < -0.3 is 46.9 Å². The number of aliphatic hydroxyl groups excluding tert-OH is 1. The Balaban J connectivity index is 1.84. The van der Waals surface area contributed by atoms with Gasteiger partial charge in [0.25, 0.3) is 0 Å². The van der Waals surface area contributed by atoms with Crippen LogP contribution in [0.2, 0.25) is 0 Å². The molecule has 0 saturated carbocycles. The van der Waals surface area contributed by atoms with Gasteiger partial charge in [-0.15, -0.1) is 0 Å². The molecule has 0 bridgehead atoms. The van der Waals surface area contributed by atoms with E-state index in [-0.39, 0.29) is 24.7 Å². The SMILES string of the molecule is CC[C@H](C)[C@H](NC(O)CNC(=O)[C@H](Cc1ccccc1)NC(=O)[C@H](CC(N)=O)NC(=O)[C@H](Cc1cccc(-c2ccccc2)c1)NC(=O)OC(C)(C)C)C(=O)N[C@H](C(=O)OC)C(C)C. The molecule has 0 aliphatic heterocycles. The van der Waals surface area contributed by atoms with Gasteiger partial charge in [0.05, 0.1) is 26.1 Å². The van der Waals surface area contributed by atoms with E-state index in [2.05, 4.69) is 31.9 Å². The van der Waals surface area contributed by atoms with Crippen LogP contribution in [0.5, 0.6) is 0 Å². The van der Waals surface area contributed by atoms with Crippen LogP contribution in [0.4, 0.5) is 4.79 Å². The zero-order valence-electron chi connectivity index (χ0n) is 37.9. The fourth-order valence-corrected chi connectivity index (χ4v) is 6.61. The average Bonchev–Trinajstić information content (AvgIpc) is 3.25. The van der Waals surface area contributed by atoms with E-state index < -0.39 is 96.6 Å².